The van der Waals surface area contributed by atoms with Crippen LogP contribution in [0.5, 0.6) is 0 Å². The minimum Gasteiger partial charge on any atom is -0.309 e. The molecule has 0 heterocycles. The van der Waals surface area contributed by atoms with Crippen molar-refractivity contribution in [2.24, 2.45) is 0 Å². The van der Waals surface area contributed by atoms with Crippen molar-refractivity contribution in [3.05, 3.63) is 221 Å². The Bertz CT molecular complexity index is 3400. The van der Waals surface area contributed by atoms with Crippen LogP contribution in [0, 0.1) is 0 Å². The van der Waals surface area contributed by atoms with E-state index in [-0.39, 0.29) is 21.7 Å². The van der Waals surface area contributed by atoms with E-state index < -0.39 is 0 Å². The first-order chi connectivity index (χ1) is 32.0. The summed E-state index contributed by atoms with van der Waals surface area (Å²) in [7, 11) is 0. The molecule has 9 aromatic rings. The van der Waals surface area contributed by atoms with Crippen molar-refractivity contribution < 1.29 is 0 Å². The zero-order valence-corrected chi connectivity index (χ0v) is 40.8. The molecule has 11 rings (SSSR count). The zero-order valence-electron chi connectivity index (χ0n) is 40.8. The van der Waals surface area contributed by atoms with E-state index in [9.17, 15) is 0 Å². The maximum absolute atomic E-state index is 2.60. The van der Waals surface area contributed by atoms with Gasteiger partial charge in [-0.3, -0.25) is 0 Å². The second-order valence-corrected chi connectivity index (χ2v) is 22.1. The van der Waals surface area contributed by atoms with E-state index >= 15 is 0 Å². The van der Waals surface area contributed by atoms with Gasteiger partial charge >= 0.3 is 0 Å². The SMILES string of the molecule is CC(C)(C)c1cc(-c2cccc3cccc(-c4ccccc4N(c4ccccc4-c4cccc5c4-c4ccccc4C5(C)C)c4cccc5c4-c4ccccc4C5(C)C)c23)cc(C(C)(C)C)c1. The Kier molecular flexibility index (Phi) is 9.74. The fraction of sp³-hybridized carbons (Fsp3) is 0.212. The van der Waals surface area contributed by atoms with Gasteiger partial charge in [0.1, 0.15) is 0 Å². The lowest BCUT2D eigenvalue weighted by molar-refractivity contribution is 0.569. The monoisotopic (exact) mass is 867 g/mol. The molecule has 67 heavy (non-hydrogen) atoms. The van der Waals surface area contributed by atoms with Gasteiger partial charge in [0.05, 0.1) is 17.1 Å². The zero-order chi connectivity index (χ0) is 46.6. The van der Waals surface area contributed by atoms with E-state index in [1.807, 2.05) is 0 Å². The highest BCUT2D eigenvalue weighted by molar-refractivity contribution is 6.10. The van der Waals surface area contributed by atoms with Gasteiger partial charge in [-0.25, -0.2) is 0 Å². The summed E-state index contributed by atoms with van der Waals surface area (Å²) in [5.74, 6) is 0. The molecule has 1 heteroatoms. The van der Waals surface area contributed by atoms with Crippen molar-refractivity contribution in [1.82, 2.24) is 0 Å². The molecule has 0 aliphatic heterocycles. The third-order valence-corrected chi connectivity index (χ3v) is 15.2. The van der Waals surface area contributed by atoms with Crippen LogP contribution in [0.1, 0.15) is 103 Å². The summed E-state index contributed by atoms with van der Waals surface area (Å²) in [4.78, 5) is 2.60. The lowest BCUT2D eigenvalue weighted by Crippen LogP contribution is -2.17. The maximum Gasteiger partial charge on any atom is 0.0543 e. The van der Waals surface area contributed by atoms with Crippen molar-refractivity contribution in [3.63, 3.8) is 0 Å². The molecule has 9 aromatic carbocycles. The molecular formula is C66H61N. The minimum absolute atomic E-state index is 0.0102. The third-order valence-electron chi connectivity index (χ3n) is 15.2. The lowest BCUT2D eigenvalue weighted by atomic mass is 9.78. The second-order valence-electron chi connectivity index (χ2n) is 22.1. The Morgan fingerprint density at radius 3 is 1.28 bits per heavy atom. The van der Waals surface area contributed by atoms with Gasteiger partial charge in [-0.2, -0.15) is 0 Å². The standard InChI is InChI=1S/C66H61N/c1-63(2,3)44-39-43(40-45(41-44)64(4,5)6)46-29-19-23-42-24-20-30-49(60(42)46)47-25-13-17-36-57(47)67(59-38-22-35-56-62(59)52-28-12-16-33-54(52)66(56,9)10)58-37-18-14-26-48(58)50-31-21-34-55-61(50)51-27-11-15-32-53(51)65(55,7)8/h11-41H,1-10H3. The fourth-order valence-electron chi connectivity index (χ4n) is 11.5. The van der Waals surface area contributed by atoms with Gasteiger partial charge in [0.2, 0.25) is 0 Å². The molecule has 2 aliphatic rings. The van der Waals surface area contributed by atoms with Crippen LogP contribution in [0.4, 0.5) is 17.1 Å². The molecule has 0 radical (unpaired) electrons. The average molecular weight is 868 g/mol. The van der Waals surface area contributed by atoms with Gasteiger partial charge in [0.15, 0.2) is 0 Å². The first-order valence-electron chi connectivity index (χ1n) is 24.2. The van der Waals surface area contributed by atoms with Crippen molar-refractivity contribution in [2.75, 3.05) is 4.90 Å². The smallest absolute Gasteiger partial charge is 0.0543 e. The molecule has 0 aromatic heterocycles. The Hall–Kier alpha value is -6.96. The molecule has 0 saturated heterocycles. The Morgan fingerprint density at radius 2 is 0.716 bits per heavy atom. The quantitative estimate of drug-likeness (QED) is 0.161. The Labute approximate surface area is 398 Å². The molecule has 0 amide bonds. The first kappa shape index (κ1) is 42.7. The Balaban J connectivity index is 1.22. The molecule has 330 valence electrons. The predicted octanol–water partition coefficient (Wildman–Crippen LogP) is 18.5. The third kappa shape index (κ3) is 6.72. The van der Waals surface area contributed by atoms with Crippen LogP contribution in [-0.4, -0.2) is 0 Å². The summed E-state index contributed by atoms with van der Waals surface area (Å²) in [6, 6.07) is 71.4. The normalized spacial score (nSPS) is 14.4. The number of rotatable bonds is 6. The Morgan fingerprint density at radius 1 is 0.328 bits per heavy atom. The predicted molar refractivity (Wildman–Crippen MR) is 287 cm³/mol. The van der Waals surface area contributed by atoms with Crippen LogP contribution in [0.25, 0.3) is 66.4 Å². The van der Waals surface area contributed by atoms with Crippen molar-refractivity contribution >= 4 is 27.8 Å². The molecule has 0 fully saturated rings. The van der Waals surface area contributed by atoms with E-state index in [2.05, 4.69) is 262 Å². The summed E-state index contributed by atoms with van der Waals surface area (Å²) in [6.07, 6.45) is 0. The number of nitrogens with zero attached hydrogens (tertiary/aromatic N) is 1. The second kappa shape index (κ2) is 15.3. The highest BCUT2D eigenvalue weighted by Crippen LogP contribution is 2.58. The molecule has 0 saturated carbocycles. The van der Waals surface area contributed by atoms with Crippen LogP contribution >= 0.6 is 0 Å². The minimum atomic E-state index is -0.166. The van der Waals surface area contributed by atoms with Gasteiger partial charge in [-0.1, -0.05) is 239 Å². The van der Waals surface area contributed by atoms with Crippen LogP contribution in [-0.2, 0) is 21.7 Å². The van der Waals surface area contributed by atoms with E-state index in [1.54, 1.807) is 0 Å². The van der Waals surface area contributed by atoms with Crippen molar-refractivity contribution in [2.45, 2.75) is 90.9 Å². The summed E-state index contributed by atoms with van der Waals surface area (Å²) in [5, 5.41) is 2.49. The number of anilines is 3. The summed E-state index contributed by atoms with van der Waals surface area (Å²) in [5.41, 5.74) is 24.0. The van der Waals surface area contributed by atoms with Crippen LogP contribution in [0.2, 0.25) is 0 Å². The van der Waals surface area contributed by atoms with Crippen LogP contribution in [0.15, 0.2) is 188 Å². The molecule has 2 aliphatic carbocycles. The van der Waals surface area contributed by atoms with Gasteiger partial charge in [0.25, 0.3) is 0 Å². The summed E-state index contributed by atoms with van der Waals surface area (Å²) >= 11 is 0. The highest BCUT2D eigenvalue weighted by atomic mass is 15.2. The van der Waals surface area contributed by atoms with Crippen molar-refractivity contribution in [3.8, 4) is 55.6 Å². The summed E-state index contributed by atoms with van der Waals surface area (Å²) in [6.45, 7) is 23.5. The molecule has 0 spiro atoms. The molecule has 0 N–H and O–H groups in total. The van der Waals surface area contributed by atoms with Crippen LogP contribution in [0.3, 0.4) is 0 Å². The molecule has 1 nitrogen and oxygen atoms in total. The first-order valence-corrected chi connectivity index (χ1v) is 24.2. The fourth-order valence-corrected chi connectivity index (χ4v) is 11.5. The number of hydrogen-bond donors (Lipinski definition) is 0. The van der Waals surface area contributed by atoms with Crippen LogP contribution < -0.4 is 4.90 Å². The molecule has 0 bridgehead atoms. The highest BCUT2D eigenvalue weighted by Gasteiger charge is 2.40. The van der Waals surface area contributed by atoms with E-state index in [0.717, 1.165) is 11.4 Å². The number of fused-ring (bicyclic) bond motifs is 7. The molecule has 0 unspecified atom stereocenters. The number of benzene rings is 9. The number of para-hydroxylation sites is 2. The summed E-state index contributed by atoms with van der Waals surface area (Å²) < 4.78 is 0. The van der Waals surface area contributed by atoms with E-state index in [4.69, 9.17) is 0 Å². The van der Waals surface area contributed by atoms with E-state index in [0.29, 0.717) is 0 Å². The van der Waals surface area contributed by atoms with Crippen molar-refractivity contribution in [1.29, 1.82) is 0 Å². The lowest BCUT2D eigenvalue weighted by Gasteiger charge is -2.32. The molecular weight excluding hydrogens is 807 g/mol. The van der Waals surface area contributed by atoms with Gasteiger partial charge < -0.3 is 4.90 Å². The number of hydrogen-bond acceptors (Lipinski definition) is 1. The van der Waals surface area contributed by atoms with Gasteiger partial charge in [-0.05, 0) is 112 Å². The van der Waals surface area contributed by atoms with Gasteiger partial charge in [0, 0.05) is 27.5 Å². The van der Waals surface area contributed by atoms with Gasteiger partial charge in [-0.15, -0.1) is 0 Å². The van der Waals surface area contributed by atoms with E-state index in [1.165, 1.54) is 105 Å². The largest absolute Gasteiger partial charge is 0.309 e. The maximum atomic E-state index is 2.60. The topological polar surface area (TPSA) is 3.24 Å². The average Bonchev–Trinajstić information content (AvgIpc) is 3.71. The molecule has 0 atom stereocenters.